The van der Waals surface area contributed by atoms with Crippen molar-refractivity contribution >= 4 is 11.6 Å². The summed E-state index contributed by atoms with van der Waals surface area (Å²) in [6.07, 6.45) is -0.537. The molecule has 2 N–H and O–H groups in total. The predicted octanol–water partition coefficient (Wildman–Crippen LogP) is 1.24. The van der Waals surface area contributed by atoms with Crippen LogP contribution in [0.2, 0.25) is 0 Å². The standard InChI is InChI=1S/C8H17ClO2/c1-6(4-9)7(11)8(2,3)5-10/h6-7,10-11H,4-5H2,1-3H3/t6-,7+/m0/s1. The smallest absolute Gasteiger partial charge is 0.0649 e. The van der Waals surface area contributed by atoms with E-state index >= 15 is 0 Å². The first-order valence-corrected chi connectivity index (χ1v) is 4.34. The monoisotopic (exact) mass is 180 g/mol. The third-order valence-corrected chi connectivity index (χ3v) is 2.48. The second-order valence-corrected chi connectivity index (χ2v) is 4.03. The third kappa shape index (κ3) is 2.97. The van der Waals surface area contributed by atoms with E-state index in [1.807, 2.05) is 20.8 Å². The molecule has 0 rings (SSSR count). The van der Waals surface area contributed by atoms with E-state index in [1.165, 1.54) is 0 Å². The minimum atomic E-state index is -0.537. The summed E-state index contributed by atoms with van der Waals surface area (Å²) >= 11 is 5.57. The topological polar surface area (TPSA) is 40.5 Å². The fourth-order valence-corrected chi connectivity index (χ4v) is 1.12. The van der Waals surface area contributed by atoms with Crippen molar-refractivity contribution in [3.8, 4) is 0 Å². The Hall–Kier alpha value is 0.210. The molecule has 0 aliphatic rings. The second kappa shape index (κ2) is 4.29. The molecule has 3 heteroatoms. The molecule has 0 aliphatic heterocycles. The normalized spacial score (nSPS) is 18.0. The Morgan fingerprint density at radius 2 is 1.91 bits per heavy atom. The zero-order valence-electron chi connectivity index (χ0n) is 7.34. The minimum absolute atomic E-state index is 0.0185. The Morgan fingerprint density at radius 3 is 2.18 bits per heavy atom. The average Bonchev–Trinajstić information content (AvgIpc) is 2.01. The van der Waals surface area contributed by atoms with E-state index in [1.54, 1.807) is 0 Å². The first-order valence-electron chi connectivity index (χ1n) is 3.80. The highest BCUT2D eigenvalue weighted by Gasteiger charge is 2.30. The van der Waals surface area contributed by atoms with Crippen molar-refractivity contribution in [2.75, 3.05) is 12.5 Å². The number of hydrogen-bond acceptors (Lipinski definition) is 2. The average molecular weight is 181 g/mol. The Balaban J connectivity index is 4.10. The summed E-state index contributed by atoms with van der Waals surface area (Å²) in [4.78, 5) is 0. The molecular weight excluding hydrogens is 164 g/mol. The molecule has 0 aromatic heterocycles. The second-order valence-electron chi connectivity index (χ2n) is 3.72. The van der Waals surface area contributed by atoms with Crippen LogP contribution in [0.3, 0.4) is 0 Å². The Bertz CT molecular complexity index is 115. The molecule has 0 bridgehead atoms. The molecule has 0 aromatic rings. The van der Waals surface area contributed by atoms with Crippen molar-refractivity contribution in [3.05, 3.63) is 0 Å². The van der Waals surface area contributed by atoms with Gasteiger partial charge in [0.05, 0.1) is 12.7 Å². The van der Waals surface area contributed by atoms with Gasteiger partial charge < -0.3 is 10.2 Å². The van der Waals surface area contributed by atoms with Gasteiger partial charge in [-0.05, 0) is 5.92 Å². The van der Waals surface area contributed by atoms with Crippen LogP contribution in [0, 0.1) is 11.3 Å². The summed E-state index contributed by atoms with van der Waals surface area (Å²) in [6.45, 7) is 5.49. The molecule has 0 radical (unpaired) electrons. The van der Waals surface area contributed by atoms with Crippen LogP contribution in [0.1, 0.15) is 20.8 Å². The van der Waals surface area contributed by atoms with Crippen LogP contribution in [0.25, 0.3) is 0 Å². The lowest BCUT2D eigenvalue weighted by atomic mass is 9.81. The van der Waals surface area contributed by atoms with E-state index in [0.717, 1.165) is 0 Å². The van der Waals surface area contributed by atoms with Crippen molar-refractivity contribution in [1.82, 2.24) is 0 Å². The Morgan fingerprint density at radius 1 is 1.45 bits per heavy atom. The molecule has 11 heavy (non-hydrogen) atoms. The van der Waals surface area contributed by atoms with Crippen LogP contribution in [0.4, 0.5) is 0 Å². The van der Waals surface area contributed by atoms with Gasteiger partial charge in [0, 0.05) is 11.3 Å². The van der Waals surface area contributed by atoms with Crippen LogP contribution in [0.15, 0.2) is 0 Å². The highest BCUT2D eigenvalue weighted by Crippen LogP contribution is 2.25. The Kier molecular flexibility index (Phi) is 4.37. The third-order valence-electron chi connectivity index (χ3n) is 1.99. The molecule has 0 unspecified atom stereocenters. The molecule has 0 fully saturated rings. The van der Waals surface area contributed by atoms with Gasteiger partial charge >= 0.3 is 0 Å². The number of rotatable bonds is 4. The lowest BCUT2D eigenvalue weighted by Gasteiger charge is -2.31. The molecule has 68 valence electrons. The van der Waals surface area contributed by atoms with E-state index in [-0.39, 0.29) is 12.5 Å². The van der Waals surface area contributed by atoms with Gasteiger partial charge in [-0.25, -0.2) is 0 Å². The summed E-state index contributed by atoms with van der Waals surface area (Å²) < 4.78 is 0. The van der Waals surface area contributed by atoms with E-state index in [0.29, 0.717) is 5.88 Å². The molecule has 0 aliphatic carbocycles. The van der Waals surface area contributed by atoms with Crippen molar-refractivity contribution in [3.63, 3.8) is 0 Å². The largest absolute Gasteiger partial charge is 0.396 e. The Labute approximate surface area is 73.2 Å². The SMILES string of the molecule is C[C@@H](CCl)[C@@H](O)C(C)(C)CO. The van der Waals surface area contributed by atoms with Crippen LogP contribution < -0.4 is 0 Å². The fourth-order valence-electron chi connectivity index (χ4n) is 0.948. The number of aliphatic hydroxyl groups excluding tert-OH is 2. The number of alkyl halides is 1. The van der Waals surface area contributed by atoms with E-state index < -0.39 is 11.5 Å². The van der Waals surface area contributed by atoms with Crippen molar-refractivity contribution in [2.24, 2.45) is 11.3 Å². The summed E-state index contributed by atoms with van der Waals surface area (Å²) in [5.41, 5.74) is -0.450. The molecule has 2 atom stereocenters. The maximum Gasteiger partial charge on any atom is 0.0649 e. The highest BCUT2D eigenvalue weighted by molar-refractivity contribution is 6.18. The minimum Gasteiger partial charge on any atom is -0.396 e. The molecule has 0 spiro atoms. The molecule has 0 saturated heterocycles. The lowest BCUT2D eigenvalue weighted by Crippen LogP contribution is -2.38. The summed E-state index contributed by atoms with van der Waals surface area (Å²) in [7, 11) is 0. The molecule has 2 nitrogen and oxygen atoms in total. The van der Waals surface area contributed by atoms with Crippen LogP contribution in [-0.4, -0.2) is 28.8 Å². The van der Waals surface area contributed by atoms with Gasteiger partial charge in [0.25, 0.3) is 0 Å². The zero-order chi connectivity index (χ0) is 9.07. The summed E-state index contributed by atoms with van der Waals surface area (Å²) in [6, 6.07) is 0. The van der Waals surface area contributed by atoms with E-state index in [2.05, 4.69) is 0 Å². The fraction of sp³-hybridized carbons (Fsp3) is 1.00. The molecule has 0 amide bonds. The highest BCUT2D eigenvalue weighted by atomic mass is 35.5. The van der Waals surface area contributed by atoms with Gasteiger partial charge in [-0.2, -0.15) is 0 Å². The molecule has 0 saturated carbocycles. The number of hydrogen-bond donors (Lipinski definition) is 2. The summed E-state index contributed by atoms with van der Waals surface area (Å²) in [5.74, 6) is 0.448. The van der Waals surface area contributed by atoms with Crippen LogP contribution in [-0.2, 0) is 0 Å². The number of aliphatic hydroxyl groups is 2. The van der Waals surface area contributed by atoms with E-state index in [4.69, 9.17) is 16.7 Å². The molecular formula is C8H17ClO2. The molecule has 0 heterocycles. The first kappa shape index (κ1) is 11.2. The van der Waals surface area contributed by atoms with Crippen molar-refractivity contribution < 1.29 is 10.2 Å². The van der Waals surface area contributed by atoms with Gasteiger partial charge in [-0.1, -0.05) is 20.8 Å². The van der Waals surface area contributed by atoms with Crippen molar-refractivity contribution in [2.45, 2.75) is 26.9 Å². The lowest BCUT2D eigenvalue weighted by molar-refractivity contribution is -0.0195. The van der Waals surface area contributed by atoms with Gasteiger partial charge in [-0.3, -0.25) is 0 Å². The predicted molar refractivity (Wildman–Crippen MR) is 46.8 cm³/mol. The van der Waals surface area contributed by atoms with Crippen molar-refractivity contribution in [1.29, 1.82) is 0 Å². The van der Waals surface area contributed by atoms with Gasteiger partial charge in [0.1, 0.15) is 0 Å². The summed E-state index contributed by atoms with van der Waals surface area (Å²) in [5, 5.41) is 18.5. The number of halogens is 1. The maximum atomic E-state index is 9.60. The zero-order valence-corrected chi connectivity index (χ0v) is 8.10. The van der Waals surface area contributed by atoms with Gasteiger partial charge in [-0.15, -0.1) is 11.6 Å². The van der Waals surface area contributed by atoms with Gasteiger partial charge in [0.15, 0.2) is 0 Å². The quantitative estimate of drug-likeness (QED) is 0.640. The first-order chi connectivity index (χ1) is 4.95. The van der Waals surface area contributed by atoms with Gasteiger partial charge in [0.2, 0.25) is 0 Å². The van der Waals surface area contributed by atoms with E-state index in [9.17, 15) is 5.11 Å². The maximum absolute atomic E-state index is 9.60. The molecule has 0 aromatic carbocycles. The van der Waals surface area contributed by atoms with Crippen LogP contribution >= 0.6 is 11.6 Å². The van der Waals surface area contributed by atoms with Crippen LogP contribution in [0.5, 0.6) is 0 Å².